The van der Waals surface area contributed by atoms with Crippen LogP contribution in [0.4, 0.5) is 5.69 Å². The highest BCUT2D eigenvalue weighted by Gasteiger charge is 2.15. The fraction of sp³-hybridized carbons (Fsp3) is 0.278. The summed E-state index contributed by atoms with van der Waals surface area (Å²) in [5.41, 5.74) is 2.96. The number of aromatic carboxylic acids is 1. The maximum atomic E-state index is 12.2. The lowest BCUT2D eigenvalue weighted by Crippen LogP contribution is -2.20. The van der Waals surface area contributed by atoms with Crippen LogP contribution in [0.3, 0.4) is 0 Å². The normalized spacial score (nSPS) is 11.8. The van der Waals surface area contributed by atoms with E-state index in [9.17, 15) is 9.59 Å². The smallest absolute Gasteiger partial charge is 0.339 e. The summed E-state index contributed by atoms with van der Waals surface area (Å²) >= 11 is 0. The van der Waals surface area contributed by atoms with Gasteiger partial charge in [0.15, 0.2) is 0 Å². The minimum absolute atomic E-state index is 0.0847. The lowest BCUT2D eigenvalue weighted by atomic mass is 10.0. The van der Waals surface area contributed by atoms with E-state index in [-0.39, 0.29) is 17.4 Å². The van der Waals surface area contributed by atoms with Crippen molar-refractivity contribution in [1.82, 2.24) is 9.78 Å². The number of nitrogens with one attached hydrogen (secondary N) is 1. The van der Waals surface area contributed by atoms with Crippen molar-refractivity contribution in [3.05, 3.63) is 53.9 Å². The number of allylic oxidation sites excluding steroid dienone is 1. The first-order valence-corrected chi connectivity index (χ1v) is 7.63. The number of hydrogen-bond donors (Lipinski definition) is 2. The molecular weight excluding hydrogens is 306 g/mol. The van der Waals surface area contributed by atoms with Crippen LogP contribution in [-0.4, -0.2) is 26.8 Å². The van der Waals surface area contributed by atoms with Gasteiger partial charge in [-0.05, 0) is 38.5 Å². The third-order valence-electron chi connectivity index (χ3n) is 3.70. The predicted molar refractivity (Wildman–Crippen MR) is 92.5 cm³/mol. The lowest BCUT2D eigenvalue weighted by Gasteiger charge is -2.13. The number of amides is 1. The van der Waals surface area contributed by atoms with Crippen LogP contribution in [0.5, 0.6) is 0 Å². The van der Waals surface area contributed by atoms with Crippen LogP contribution < -0.4 is 5.32 Å². The molecule has 126 valence electrons. The van der Waals surface area contributed by atoms with E-state index in [2.05, 4.69) is 17.0 Å². The number of rotatable bonds is 6. The van der Waals surface area contributed by atoms with Gasteiger partial charge in [-0.25, -0.2) is 9.48 Å². The zero-order chi connectivity index (χ0) is 17.9. The number of carboxylic acids is 1. The summed E-state index contributed by atoms with van der Waals surface area (Å²) in [5.74, 6) is -1.27. The minimum Gasteiger partial charge on any atom is -0.478 e. The highest BCUT2D eigenvalue weighted by atomic mass is 16.4. The lowest BCUT2D eigenvalue weighted by molar-refractivity contribution is -0.119. The molecule has 0 saturated heterocycles. The maximum absolute atomic E-state index is 12.2. The van der Waals surface area contributed by atoms with Gasteiger partial charge in [0.05, 0.1) is 17.6 Å². The third-order valence-corrected chi connectivity index (χ3v) is 3.70. The van der Waals surface area contributed by atoms with Crippen molar-refractivity contribution < 1.29 is 14.7 Å². The summed E-state index contributed by atoms with van der Waals surface area (Å²) in [7, 11) is 0. The number of carboxylic acid groups (broad SMARTS) is 1. The summed E-state index contributed by atoms with van der Waals surface area (Å²) in [6.07, 6.45) is 1.95. The number of aromatic nitrogens is 2. The Morgan fingerprint density at radius 3 is 2.71 bits per heavy atom. The van der Waals surface area contributed by atoms with Gasteiger partial charge in [0.25, 0.3) is 0 Å². The predicted octanol–water partition coefficient (Wildman–Crippen LogP) is 3.42. The molecule has 0 aliphatic carbocycles. The number of nitrogens with zero attached hydrogens (tertiary/aromatic N) is 2. The molecule has 1 amide bonds. The molecule has 2 aromatic rings. The van der Waals surface area contributed by atoms with Crippen molar-refractivity contribution in [3.8, 4) is 5.69 Å². The maximum Gasteiger partial charge on any atom is 0.339 e. The minimum atomic E-state index is -1.02. The fourth-order valence-corrected chi connectivity index (χ4v) is 2.48. The monoisotopic (exact) mass is 327 g/mol. The van der Waals surface area contributed by atoms with Crippen LogP contribution in [-0.2, 0) is 4.79 Å². The van der Waals surface area contributed by atoms with Crippen LogP contribution in [0.15, 0.2) is 42.6 Å². The second kappa shape index (κ2) is 7.12. The Kier molecular flexibility index (Phi) is 5.18. The van der Waals surface area contributed by atoms with Crippen molar-refractivity contribution in [2.75, 3.05) is 5.32 Å². The van der Waals surface area contributed by atoms with Crippen molar-refractivity contribution in [2.24, 2.45) is 5.92 Å². The van der Waals surface area contributed by atoms with Crippen LogP contribution in [0.1, 0.15) is 36.3 Å². The molecule has 1 aromatic carbocycles. The van der Waals surface area contributed by atoms with Crippen LogP contribution in [0, 0.1) is 12.8 Å². The molecule has 1 atom stereocenters. The largest absolute Gasteiger partial charge is 0.478 e. The highest BCUT2D eigenvalue weighted by Crippen LogP contribution is 2.19. The Hall–Kier alpha value is -2.89. The van der Waals surface area contributed by atoms with Crippen molar-refractivity contribution in [1.29, 1.82) is 0 Å². The van der Waals surface area contributed by atoms with Crippen molar-refractivity contribution in [2.45, 2.75) is 27.2 Å². The molecule has 6 heteroatoms. The Balaban J connectivity index is 2.22. The van der Waals surface area contributed by atoms with Crippen molar-refractivity contribution in [3.63, 3.8) is 0 Å². The summed E-state index contributed by atoms with van der Waals surface area (Å²) in [6, 6.07) is 7.14. The van der Waals surface area contributed by atoms with Crippen LogP contribution in [0.2, 0.25) is 0 Å². The fourth-order valence-electron chi connectivity index (χ4n) is 2.48. The standard InChI is InChI=1S/C18H21N3O3/c1-11(2)8-12(3)17(22)20-14-6-5-7-15(9-14)21-13(4)16(10-19-21)18(23)24/h5-7,9-10,12H,1,8H2,2-4H3,(H,20,22)(H,23,24). The Bertz CT molecular complexity index is 793. The van der Waals surface area contributed by atoms with Gasteiger partial charge >= 0.3 is 5.97 Å². The number of carbonyl (C=O) groups excluding carboxylic acids is 1. The van der Waals surface area contributed by atoms with Gasteiger partial charge in [0, 0.05) is 11.6 Å². The average Bonchev–Trinajstić information content (AvgIpc) is 2.88. The molecule has 6 nitrogen and oxygen atoms in total. The number of carbonyl (C=O) groups is 2. The van der Waals surface area contributed by atoms with E-state index in [4.69, 9.17) is 5.11 Å². The third kappa shape index (κ3) is 3.90. The molecule has 0 spiro atoms. The van der Waals surface area contributed by atoms with E-state index < -0.39 is 5.97 Å². The van der Waals surface area contributed by atoms with E-state index in [0.29, 0.717) is 23.5 Å². The highest BCUT2D eigenvalue weighted by molar-refractivity contribution is 5.92. The molecule has 1 aromatic heterocycles. The number of benzene rings is 1. The molecule has 0 aliphatic rings. The van der Waals surface area contributed by atoms with E-state index in [1.165, 1.54) is 10.9 Å². The zero-order valence-corrected chi connectivity index (χ0v) is 14.0. The summed E-state index contributed by atoms with van der Waals surface area (Å²) in [5, 5.41) is 16.1. The molecule has 1 unspecified atom stereocenters. The van der Waals surface area contributed by atoms with Gasteiger partial charge < -0.3 is 10.4 Å². The van der Waals surface area contributed by atoms with Gasteiger partial charge in [0.2, 0.25) is 5.91 Å². The van der Waals surface area contributed by atoms with Gasteiger partial charge in [-0.15, -0.1) is 6.58 Å². The first-order chi connectivity index (χ1) is 11.3. The van der Waals surface area contributed by atoms with E-state index in [0.717, 1.165) is 5.57 Å². The molecular formula is C18H21N3O3. The zero-order valence-electron chi connectivity index (χ0n) is 14.0. The molecule has 1 heterocycles. The molecule has 24 heavy (non-hydrogen) atoms. The first-order valence-electron chi connectivity index (χ1n) is 7.63. The van der Waals surface area contributed by atoms with E-state index in [1.54, 1.807) is 31.2 Å². The molecule has 0 saturated carbocycles. The van der Waals surface area contributed by atoms with Gasteiger partial charge in [-0.3, -0.25) is 4.79 Å². The number of hydrogen-bond acceptors (Lipinski definition) is 3. The van der Waals surface area contributed by atoms with E-state index in [1.807, 2.05) is 13.8 Å². The SMILES string of the molecule is C=C(C)CC(C)C(=O)Nc1cccc(-n2ncc(C(=O)O)c2C)c1. The Morgan fingerprint density at radius 1 is 1.42 bits per heavy atom. The molecule has 0 aliphatic heterocycles. The molecule has 0 fully saturated rings. The first kappa shape index (κ1) is 17.5. The van der Waals surface area contributed by atoms with Crippen molar-refractivity contribution >= 4 is 17.6 Å². The van der Waals surface area contributed by atoms with Gasteiger partial charge in [-0.2, -0.15) is 5.10 Å². The topological polar surface area (TPSA) is 84.2 Å². The number of anilines is 1. The molecule has 2 rings (SSSR count). The second-order valence-corrected chi connectivity index (χ2v) is 5.96. The van der Waals surface area contributed by atoms with Gasteiger partial charge in [0.1, 0.15) is 5.56 Å². The van der Waals surface area contributed by atoms with Gasteiger partial charge in [-0.1, -0.05) is 18.6 Å². The van der Waals surface area contributed by atoms with Crippen LogP contribution in [0.25, 0.3) is 5.69 Å². The summed E-state index contributed by atoms with van der Waals surface area (Å²) in [4.78, 5) is 23.3. The van der Waals surface area contributed by atoms with Crippen LogP contribution >= 0.6 is 0 Å². The quantitative estimate of drug-likeness (QED) is 0.796. The Morgan fingerprint density at radius 2 is 2.12 bits per heavy atom. The Labute approximate surface area is 140 Å². The van der Waals surface area contributed by atoms with E-state index >= 15 is 0 Å². The average molecular weight is 327 g/mol. The summed E-state index contributed by atoms with van der Waals surface area (Å²) in [6.45, 7) is 9.26. The second-order valence-electron chi connectivity index (χ2n) is 5.96. The summed E-state index contributed by atoms with van der Waals surface area (Å²) < 4.78 is 1.54. The molecule has 2 N–H and O–H groups in total. The molecule has 0 bridgehead atoms. The molecule has 0 radical (unpaired) electrons.